The number of rotatable bonds is 5. The molecule has 0 aromatic carbocycles. The number of aliphatic hydroxyl groups excluding tert-OH is 1. The monoisotopic (exact) mass is 290 g/mol. The van der Waals surface area contributed by atoms with Crippen molar-refractivity contribution in [2.75, 3.05) is 6.61 Å². The van der Waals surface area contributed by atoms with E-state index in [9.17, 15) is 19.5 Å². The topological polar surface area (TPSA) is 108 Å². The molecule has 0 saturated carbocycles. The van der Waals surface area contributed by atoms with E-state index < -0.39 is 42.5 Å². The molecule has 1 heterocycles. The van der Waals surface area contributed by atoms with Gasteiger partial charge in [0, 0.05) is 27.2 Å². The van der Waals surface area contributed by atoms with Gasteiger partial charge in [-0.25, -0.2) is 0 Å². The van der Waals surface area contributed by atoms with Crippen LogP contribution >= 0.6 is 0 Å². The Kier molecular flexibility index (Phi) is 5.90. The second kappa shape index (κ2) is 7.20. The number of aliphatic hydroxyl groups is 1. The Balaban J connectivity index is 2.76. The molecule has 0 amide bonds. The zero-order chi connectivity index (χ0) is 15.3. The van der Waals surface area contributed by atoms with Gasteiger partial charge in [-0.3, -0.25) is 14.4 Å². The fourth-order valence-electron chi connectivity index (χ4n) is 1.92. The van der Waals surface area contributed by atoms with E-state index in [2.05, 4.69) is 0 Å². The fraction of sp³-hybridized carbons (Fsp3) is 0.750. The summed E-state index contributed by atoms with van der Waals surface area (Å²) >= 11 is 0. The van der Waals surface area contributed by atoms with Crippen LogP contribution in [0, 0.1) is 0 Å². The van der Waals surface area contributed by atoms with Crippen molar-refractivity contribution in [1.29, 1.82) is 0 Å². The molecule has 0 aliphatic carbocycles. The van der Waals surface area contributed by atoms with Crippen LogP contribution in [-0.4, -0.2) is 54.2 Å². The van der Waals surface area contributed by atoms with E-state index in [1.165, 1.54) is 20.8 Å². The molecular weight excluding hydrogens is 272 g/mol. The summed E-state index contributed by atoms with van der Waals surface area (Å²) in [4.78, 5) is 32.9. The van der Waals surface area contributed by atoms with Crippen LogP contribution in [0.5, 0.6) is 0 Å². The molecule has 4 atom stereocenters. The highest BCUT2D eigenvalue weighted by molar-refractivity contribution is 5.67. The lowest BCUT2D eigenvalue weighted by atomic mass is 10.1. The summed E-state index contributed by atoms with van der Waals surface area (Å²) < 4.78 is 20.0. The van der Waals surface area contributed by atoms with Crippen LogP contribution in [0.1, 0.15) is 27.2 Å². The van der Waals surface area contributed by atoms with Crippen LogP contribution in [-0.2, 0) is 33.3 Å². The Morgan fingerprint density at radius 1 is 1.20 bits per heavy atom. The largest absolute Gasteiger partial charge is 0.462 e. The minimum absolute atomic E-state index is 0.0576. The van der Waals surface area contributed by atoms with E-state index >= 15 is 0 Å². The lowest BCUT2D eigenvalue weighted by Gasteiger charge is -2.26. The van der Waals surface area contributed by atoms with Crippen molar-refractivity contribution in [2.24, 2.45) is 0 Å². The zero-order valence-electron chi connectivity index (χ0n) is 11.5. The minimum atomic E-state index is -1.14. The van der Waals surface area contributed by atoms with E-state index in [1.807, 2.05) is 0 Å². The van der Waals surface area contributed by atoms with E-state index in [-0.39, 0.29) is 13.0 Å². The Morgan fingerprint density at radius 2 is 1.85 bits per heavy atom. The van der Waals surface area contributed by atoms with Gasteiger partial charge in [0.05, 0.1) is 0 Å². The van der Waals surface area contributed by atoms with Crippen molar-refractivity contribution in [3.63, 3.8) is 0 Å². The average Bonchev–Trinajstić information content (AvgIpc) is 2.63. The molecule has 0 aromatic rings. The van der Waals surface area contributed by atoms with Crippen LogP contribution in [0.4, 0.5) is 0 Å². The van der Waals surface area contributed by atoms with Gasteiger partial charge in [0.1, 0.15) is 18.8 Å². The normalized spacial score (nSPS) is 26.7. The molecule has 20 heavy (non-hydrogen) atoms. The van der Waals surface area contributed by atoms with Crippen molar-refractivity contribution in [3.8, 4) is 0 Å². The summed E-state index contributed by atoms with van der Waals surface area (Å²) in [6, 6.07) is 0. The summed E-state index contributed by atoms with van der Waals surface area (Å²) in [5.41, 5.74) is 0. The van der Waals surface area contributed by atoms with E-state index in [0.717, 1.165) is 0 Å². The molecule has 1 N–H and O–H groups in total. The molecule has 8 heteroatoms. The fourth-order valence-corrected chi connectivity index (χ4v) is 1.92. The lowest BCUT2D eigenvalue weighted by molar-refractivity contribution is -0.182. The first kappa shape index (κ1) is 16.4. The van der Waals surface area contributed by atoms with Crippen molar-refractivity contribution in [2.45, 2.75) is 51.8 Å². The average molecular weight is 290 g/mol. The third kappa shape index (κ3) is 5.14. The third-order valence-electron chi connectivity index (χ3n) is 2.57. The first-order chi connectivity index (χ1) is 9.29. The molecule has 1 rings (SSSR count). The van der Waals surface area contributed by atoms with Gasteiger partial charge in [-0.15, -0.1) is 0 Å². The summed E-state index contributed by atoms with van der Waals surface area (Å²) in [6.07, 6.45) is -3.71. The van der Waals surface area contributed by atoms with Crippen molar-refractivity contribution in [3.05, 3.63) is 0 Å². The predicted molar refractivity (Wildman–Crippen MR) is 63.2 cm³/mol. The standard InChI is InChI=1S/C12H18O8/c1-6(13)17-5-10(19-8(3)15)12-9(18-7(2)14)4-11(16)20-12/h9-12,16H,4-5H2,1-3H3/t9-,10-,11+,12-/m0/s1. The van der Waals surface area contributed by atoms with E-state index in [0.29, 0.717) is 0 Å². The van der Waals surface area contributed by atoms with Crippen molar-refractivity contribution >= 4 is 17.9 Å². The highest BCUT2D eigenvalue weighted by Gasteiger charge is 2.43. The molecule has 0 aromatic heterocycles. The van der Waals surface area contributed by atoms with Gasteiger partial charge < -0.3 is 24.1 Å². The summed E-state index contributed by atoms with van der Waals surface area (Å²) in [7, 11) is 0. The number of carbonyl (C=O) groups excluding carboxylic acids is 3. The molecule has 0 bridgehead atoms. The highest BCUT2D eigenvalue weighted by atomic mass is 16.7. The Labute approximate surface area is 115 Å². The quantitative estimate of drug-likeness (QED) is 0.534. The van der Waals surface area contributed by atoms with Crippen molar-refractivity contribution in [1.82, 2.24) is 0 Å². The zero-order valence-corrected chi connectivity index (χ0v) is 11.5. The summed E-state index contributed by atoms with van der Waals surface area (Å²) in [5.74, 6) is -1.70. The molecule has 1 fully saturated rings. The second-order valence-corrected chi connectivity index (χ2v) is 4.39. The van der Waals surface area contributed by atoms with Crippen LogP contribution < -0.4 is 0 Å². The van der Waals surface area contributed by atoms with Crippen LogP contribution in [0.2, 0.25) is 0 Å². The number of carbonyl (C=O) groups is 3. The second-order valence-electron chi connectivity index (χ2n) is 4.39. The van der Waals surface area contributed by atoms with Crippen LogP contribution in [0.25, 0.3) is 0 Å². The molecule has 1 aliphatic heterocycles. The van der Waals surface area contributed by atoms with Crippen LogP contribution in [0.15, 0.2) is 0 Å². The molecule has 0 radical (unpaired) electrons. The van der Waals surface area contributed by atoms with Gasteiger partial charge in [-0.2, -0.15) is 0 Å². The Bertz CT molecular complexity index is 380. The Hall–Kier alpha value is -1.67. The maximum Gasteiger partial charge on any atom is 0.303 e. The summed E-state index contributed by atoms with van der Waals surface area (Å²) in [6.45, 7) is 3.37. The first-order valence-corrected chi connectivity index (χ1v) is 6.11. The molecule has 0 unspecified atom stereocenters. The SMILES string of the molecule is CC(=O)OC[C@H](OC(C)=O)[C@H]1O[C@@H](O)C[C@@H]1OC(C)=O. The van der Waals surface area contributed by atoms with E-state index in [1.54, 1.807) is 0 Å². The van der Waals surface area contributed by atoms with Gasteiger partial charge in [-0.05, 0) is 0 Å². The number of esters is 3. The minimum Gasteiger partial charge on any atom is -0.462 e. The van der Waals surface area contributed by atoms with Crippen molar-refractivity contribution < 1.29 is 38.4 Å². The third-order valence-corrected chi connectivity index (χ3v) is 2.57. The predicted octanol–water partition coefficient (Wildman–Crippen LogP) is -0.480. The molecule has 8 nitrogen and oxygen atoms in total. The molecule has 114 valence electrons. The number of hydrogen-bond donors (Lipinski definition) is 1. The Morgan fingerprint density at radius 3 is 2.35 bits per heavy atom. The van der Waals surface area contributed by atoms with Gasteiger partial charge in [0.2, 0.25) is 0 Å². The highest BCUT2D eigenvalue weighted by Crippen LogP contribution is 2.26. The summed E-state index contributed by atoms with van der Waals surface area (Å²) in [5, 5.41) is 9.48. The molecule has 1 saturated heterocycles. The molecule has 0 spiro atoms. The molecule has 1 aliphatic rings. The van der Waals surface area contributed by atoms with E-state index in [4.69, 9.17) is 18.9 Å². The van der Waals surface area contributed by atoms with Gasteiger partial charge in [0.15, 0.2) is 12.4 Å². The smallest absolute Gasteiger partial charge is 0.303 e. The number of hydrogen-bond acceptors (Lipinski definition) is 8. The maximum absolute atomic E-state index is 11.1. The van der Waals surface area contributed by atoms with Gasteiger partial charge in [-0.1, -0.05) is 0 Å². The van der Waals surface area contributed by atoms with Crippen LogP contribution in [0.3, 0.4) is 0 Å². The maximum atomic E-state index is 11.1. The van der Waals surface area contributed by atoms with Gasteiger partial charge >= 0.3 is 17.9 Å². The molecular formula is C12H18O8. The van der Waals surface area contributed by atoms with Gasteiger partial charge in [0.25, 0.3) is 0 Å². The lowest BCUT2D eigenvalue weighted by Crippen LogP contribution is -2.42. The first-order valence-electron chi connectivity index (χ1n) is 6.11. The number of ether oxygens (including phenoxy) is 4.